The summed E-state index contributed by atoms with van der Waals surface area (Å²) in [5.41, 5.74) is 0. The molecule has 4 heteroatoms. The summed E-state index contributed by atoms with van der Waals surface area (Å²) in [5.74, 6) is -2.79. The van der Waals surface area contributed by atoms with Crippen LogP contribution in [0.4, 0.5) is 0 Å². The Balaban J connectivity index is 4.51. The number of ether oxygens (including phenoxy) is 1. The molecule has 0 aromatic rings. The van der Waals surface area contributed by atoms with Crippen molar-refractivity contribution in [1.29, 1.82) is 0 Å². The molecule has 0 radical (unpaired) electrons. The van der Waals surface area contributed by atoms with Crippen molar-refractivity contribution in [1.82, 2.24) is 0 Å². The summed E-state index contributed by atoms with van der Waals surface area (Å²) in [6.07, 6.45) is 0.860. The molecule has 0 heterocycles. The van der Waals surface area contributed by atoms with Gasteiger partial charge in [-0.3, -0.25) is 14.4 Å². The average Bonchev–Trinajstić information content (AvgIpc) is 2.04. The molecule has 0 aliphatic heterocycles. The lowest BCUT2D eigenvalue weighted by molar-refractivity contribution is -0.152. The van der Waals surface area contributed by atoms with E-state index in [0.29, 0.717) is 6.42 Å². The molecule has 0 spiro atoms. The topological polar surface area (TPSA) is 60.4 Å². The van der Waals surface area contributed by atoms with Crippen LogP contribution in [0.1, 0.15) is 26.7 Å². The molecule has 0 aromatic carbocycles. The van der Waals surface area contributed by atoms with E-state index in [0.717, 1.165) is 7.11 Å². The van der Waals surface area contributed by atoms with Crippen LogP contribution in [0.5, 0.6) is 0 Å². The van der Waals surface area contributed by atoms with Crippen molar-refractivity contribution >= 4 is 17.5 Å². The minimum absolute atomic E-state index is 0.235. The standard InChI is InChI=1S/C9H14O4/c1-4-5-7(11)8(6(2)10)9(12)13-3/h8H,4-5H2,1-3H3. The average molecular weight is 186 g/mol. The molecular formula is C9H14O4. The quantitative estimate of drug-likeness (QED) is 0.469. The van der Waals surface area contributed by atoms with E-state index in [1.54, 1.807) is 0 Å². The van der Waals surface area contributed by atoms with Gasteiger partial charge in [-0.25, -0.2) is 0 Å². The van der Waals surface area contributed by atoms with Crippen LogP contribution in [-0.2, 0) is 19.1 Å². The number of hydrogen-bond acceptors (Lipinski definition) is 4. The van der Waals surface area contributed by atoms with E-state index in [9.17, 15) is 14.4 Å². The van der Waals surface area contributed by atoms with Gasteiger partial charge in [-0.1, -0.05) is 6.92 Å². The smallest absolute Gasteiger partial charge is 0.323 e. The fourth-order valence-corrected chi connectivity index (χ4v) is 1.03. The summed E-state index contributed by atoms with van der Waals surface area (Å²) < 4.78 is 4.36. The fourth-order valence-electron chi connectivity index (χ4n) is 1.03. The van der Waals surface area contributed by atoms with Crippen molar-refractivity contribution in [2.24, 2.45) is 5.92 Å². The molecule has 0 bridgehead atoms. The van der Waals surface area contributed by atoms with Crippen LogP contribution in [0.3, 0.4) is 0 Å². The summed E-state index contributed by atoms with van der Waals surface area (Å²) in [5, 5.41) is 0. The van der Waals surface area contributed by atoms with E-state index < -0.39 is 17.7 Å². The molecule has 13 heavy (non-hydrogen) atoms. The Kier molecular flexibility index (Phi) is 4.96. The largest absolute Gasteiger partial charge is 0.468 e. The summed E-state index contributed by atoms with van der Waals surface area (Å²) in [6, 6.07) is 0. The number of Topliss-reactive ketones (excluding diaryl/α,β-unsaturated/α-hetero) is 2. The van der Waals surface area contributed by atoms with Gasteiger partial charge in [0.2, 0.25) is 0 Å². The number of rotatable bonds is 5. The normalized spacial score (nSPS) is 11.9. The van der Waals surface area contributed by atoms with Gasteiger partial charge in [0.25, 0.3) is 0 Å². The van der Waals surface area contributed by atoms with Crippen molar-refractivity contribution in [2.75, 3.05) is 7.11 Å². The Hall–Kier alpha value is -1.19. The maximum absolute atomic E-state index is 11.3. The van der Waals surface area contributed by atoms with Crippen molar-refractivity contribution < 1.29 is 19.1 Å². The molecule has 0 aliphatic carbocycles. The maximum atomic E-state index is 11.3. The van der Waals surface area contributed by atoms with Crippen LogP contribution in [0.2, 0.25) is 0 Å². The van der Waals surface area contributed by atoms with Gasteiger partial charge in [-0.15, -0.1) is 0 Å². The molecule has 0 aromatic heterocycles. The van der Waals surface area contributed by atoms with E-state index in [2.05, 4.69) is 4.74 Å². The molecule has 0 amide bonds. The summed E-state index contributed by atoms with van der Waals surface area (Å²) in [4.78, 5) is 33.2. The number of esters is 1. The lowest BCUT2D eigenvalue weighted by Crippen LogP contribution is -2.31. The van der Waals surface area contributed by atoms with Gasteiger partial charge in [0.1, 0.15) is 0 Å². The molecule has 1 unspecified atom stereocenters. The van der Waals surface area contributed by atoms with Gasteiger partial charge in [0.05, 0.1) is 7.11 Å². The SMILES string of the molecule is CCCC(=O)C(C(C)=O)C(=O)OC. The molecular weight excluding hydrogens is 172 g/mol. The highest BCUT2D eigenvalue weighted by Gasteiger charge is 2.30. The van der Waals surface area contributed by atoms with E-state index in [-0.39, 0.29) is 12.2 Å². The number of carbonyl (C=O) groups is 3. The molecule has 0 fully saturated rings. The van der Waals surface area contributed by atoms with Gasteiger partial charge < -0.3 is 4.74 Å². The Labute approximate surface area is 77.3 Å². The Morgan fingerprint density at radius 1 is 1.31 bits per heavy atom. The molecule has 0 saturated carbocycles. The summed E-state index contributed by atoms with van der Waals surface area (Å²) in [6.45, 7) is 3.03. The van der Waals surface area contributed by atoms with E-state index in [1.807, 2.05) is 6.92 Å². The third-order valence-electron chi connectivity index (χ3n) is 1.66. The first kappa shape index (κ1) is 11.8. The van der Waals surface area contributed by atoms with Gasteiger partial charge in [0, 0.05) is 6.42 Å². The minimum Gasteiger partial charge on any atom is -0.468 e. The first-order valence-electron chi connectivity index (χ1n) is 4.15. The van der Waals surface area contributed by atoms with Crippen molar-refractivity contribution in [3.8, 4) is 0 Å². The highest BCUT2D eigenvalue weighted by Crippen LogP contribution is 2.07. The summed E-state index contributed by atoms with van der Waals surface area (Å²) in [7, 11) is 1.16. The van der Waals surface area contributed by atoms with Crippen LogP contribution in [0.25, 0.3) is 0 Å². The van der Waals surface area contributed by atoms with Crippen molar-refractivity contribution in [3.05, 3.63) is 0 Å². The number of methoxy groups -OCH3 is 1. The Morgan fingerprint density at radius 3 is 2.15 bits per heavy atom. The molecule has 0 N–H and O–H groups in total. The third kappa shape index (κ3) is 3.36. The summed E-state index contributed by atoms with van der Waals surface area (Å²) >= 11 is 0. The van der Waals surface area contributed by atoms with Crippen LogP contribution >= 0.6 is 0 Å². The fraction of sp³-hybridized carbons (Fsp3) is 0.667. The number of carbonyl (C=O) groups excluding carboxylic acids is 3. The first-order valence-corrected chi connectivity index (χ1v) is 4.15. The minimum atomic E-state index is -1.22. The lowest BCUT2D eigenvalue weighted by Gasteiger charge is -2.08. The molecule has 0 aliphatic rings. The van der Waals surface area contributed by atoms with Crippen LogP contribution in [0, 0.1) is 5.92 Å². The van der Waals surface area contributed by atoms with Gasteiger partial charge in [0.15, 0.2) is 17.5 Å². The second kappa shape index (κ2) is 5.45. The van der Waals surface area contributed by atoms with E-state index >= 15 is 0 Å². The van der Waals surface area contributed by atoms with Gasteiger partial charge >= 0.3 is 5.97 Å². The zero-order valence-corrected chi connectivity index (χ0v) is 8.12. The molecule has 4 nitrogen and oxygen atoms in total. The zero-order valence-electron chi connectivity index (χ0n) is 8.12. The predicted octanol–water partition coefficient (Wildman–Crippen LogP) is 0.734. The third-order valence-corrected chi connectivity index (χ3v) is 1.66. The van der Waals surface area contributed by atoms with Crippen LogP contribution < -0.4 is 0 Å². The first-order chi connectivity index (χ1) is 6.04. The predicted molar refractivity (Wildman–Crippen MR) is 46.1 cm³/mol. The van der Waals surface area contributed by atoms with Crippen molar-refractivity contribution in [2.45, 2.75) is 26.7 Å². The van der Waals surface area contributed by atoms with E-state index in [1.165, 1.54) is 6.92 Å². The van der Waals surface area contributed by atoms with E-state index in [4.69, 9.17) is 0 Å². The number of hydrogen-bond donors (Lipinski definition) is 0. The monoisotopic (exact) mass is 186 g/mol. The van der Waals surface area contributed by atoms with Crippen LogP contribution in [0.15, 0.2) is 0 Å². The highest BCUT2D eigenvalue weighted by atomic mass is 16.5. The van der Waals surface area contributed by atoms with Crippen LogP contribution in [-0.4, -0.2) is 24.6 Å². The van der Waals surface area contributed by atoms with Crippen molar-refractivity contribution in [3.63, 3.8) is 0 Å². The Morgan fingerprint density at radius 2 is 1.85 bits per heavy atom. The Bertz CT molecular complexity index is 220. The molecule has 0 rings (SSSR count). The molecule has 1 atom stereocenters. The lowest BCUT2D eigenvalue weighted by atomic mass is 9.97. The number of ketones is 2. The molecule has 0 saturated heterocycles. The maximum Gasteiger partial charge on any atom is 0.323 e. The van der Waals surface area contributed by atoms with Gasteiger partial charge in [-0.2, -0.15) is 0 Å². The zero-order chi connectivity index (χ0) is 10.4. The second-order valence-electron chi connectivity index (χ2n) is 2.78. The molecule has 74 valence electrons. The highest BCUT2D eigenvalue weighted by molar-refractivity contribution is 6.16. The van der Waals surface area contributed by atoms with Gasteiger partial charge in [-0.05, 0) is 13.3 Å². The second-order valence-corrected chi connectivity index (χ2v) is 2.78.